The molecule has 0 spiro atoms. The lowest BCUT2D eigenvalue weighted by Crippen LogP contribution is -2.39. The van der Waals surface area contributed by atoms with Crippen LogP contribution in [0.4, 0.5) is 5.82 Å². The van der Waals surface area contributed by atoms with Crippen molar-refractivity contribution in [3.8, 4) is 0 Å². The number of nitrogens with two attached hydrogens (primary N) is 1. The average Bonchev–Trinajstić information content (AvgIpc) is 2.84. The number of anilines is 1. The molecule has 2 aromatic heterocycles. The minimum Gasteiger partial charge on any atom is -0.385 e. The van der Waals surface area contributed by atoms with Gasteiger partial charge in [0, 0.05) is 18.5 Å². The Morgan fingerprint density at radius 3 is 3.00 bits per heavy atom. The van der Waals surface area contributed by atoms with E-state index in [1.165, 1.54) is 19.4 Å². The van der Waals surface area contributed by atoms with Crippen LogP contribution < -0.4 is 5.73 Å². The first-order valence-corrected chi connectivity index (χ1v) is 7.12. The Balaban J connectivity index is 1.96. The maximum Gasteiger partial charge on any atom is 0.119 e. The highest BCUT2D eigenvalue weighted by Crippen LogP contribution is 2.28. The first kappa shape index (κ1) is 12.5. The molecule has 0 radical (unpaired) electrons. The van der Waals surface area contributed by atoms with E-state index in [0.29, 0.717) is 12.0 Å². The molecule has 19 heavy (non-hydrogen) atoms. The van der Waals surface area contributed by atoms with Crippen LogP contribution in [0.15, 0.2) is 24.4 Å². The molecule has 0 aromatic carbocycles. The monoisotopic (exact) mass is 258 g/mol. The molecule has 1 atom stereocenters. The first-order chi connectivity index (χ1) is 9.16. The Hall–Kier alpha value is -1.55. The van der Waals surface area contributed by atoms with E-state index in [9.17, 15) is 0 Å². The summed E-state index contributed by atoms with van der Waals surface area (Å²) >= 11 is 0. The van der Waals surface area contributed by atoms with Gasteiger partial charge in [0.2, 0.25) is 0 Å². The lowest BCUT2D eigenvalue weighted by Gasteiger charge is -2.35. The van der Waals surface area contributed by atoms with E-state index < -0.39 is 0 Å². The minimum absolute atomic E-state index is 0.489. The fourth-order valence-electron chi connectivity index (χ4n) is 3.07. The molecule has 1 aliphatic heterocycles. The van der Waals surface area contributed by atoms with Crippen LogP contribution in [0.1, 0.15) is 38.4 Å². The van der Waals surface area contributed by atoms with Gasteiger partial charge in [-0.15, -0.1) is 0 Å². The van der Waals surface area contributed by atoms with Crippen LogP contribution in [0.3, 0.4) is 0 Å². The molecule has 1 unspecified atom stereocenters. The van der Waals surface area contributed by atoms with E-state index in [1.807, 2.05) is 18.3 Å². The molecule has 1 saturated heterocycles. The Labute approximate surface area is 114 Å². The minimum atomic E-state index is 0.489. The summed E-state index contributed by atoms with van der Waals surface area (Å²) in [4.78, 5) is 7.17. The maximum absolute atomic E-state index is 6.11. The number of nitrogens with zero attached hydrogens (tertiary/aromatic N) is 3. The topological polar surface area (TPSA) is 46.6 Å². The van der Waals surface area contributed by atoms with Gasteiger partial charge in [-0.05, 0) is 45.4 Å². The zero-order chi connectivity index (χ0) is 13.4. The number of fused-ring (bicyclic) bond motifs is 1. The number of nitrogen functional groups attached to an aromatic ring is 1. The number of pyridine rings is 1. The highest BCUT2D eigenvalue weighted by Gasteiger charge is 2.26. The van der Waals surface area contributed by atoms with Crippen LogP contribution in [-0.4, -0.2) is 33.4 Å². The normalized spacial score (nSPS) is 21.3. The summed E-state index contributed by atoms with van der Waals surface area (Å²) in [5.41, 5.74) is 7.21. The first-order valence-electron chi connectivity index (χ1n) is 7.12. The molecule has 2 N–H and O–H groups in total. The van der Waals surface area contributed by atoms with Crippen molar-refractivity contribution in [2.45, 2.75) is 38.6 Å². The van der Waals surface area contributed by atoms with E-state index in [-0.39, 0.29) is 0 Å². The molecule has 0 saturated carbocycles. The van der Waals surface area contributed by atoms with E-state index in [0.717, 1.165) is 23.7 Å². The quantitative estimate of drug-likeness (QED) is 0.900. The SMILES string of the molecule is CC(C)N1CCCC(c2ncc3cccc(N)n23)C1. The van der Waals surface area contributed by atoms with Gasteiger partial charge >= 0.3 is 0 Å². The van der Waals surface area contributed by atoms with Crippen LogP contribution >= 0.6 is 0 Å². The van der Waals surface area contributed by atoms with Crippen molar-refractivity contribution in [1.82, 2.24) is 14.3 Å². The Morgan fingerprint density at radius 1 is 1.37 bits per heavy atom. The van der Waals surface area contributed by atoms with Gasteiger partial charge in [0.25, 0.3) is 0 Å². The highest BCUT2D eigenvalue weighted by atomic mass is 15.2. The third-order valence-corrected chi connectivity index (χ3v) is 4.16. The van der Waals surface area contributed by atoms with Gasteiger partial charge in [-0.1, -0.05) is 6.07 Å². The second kappa shape index (κ2) is 4.85. The van der Waals surface area contributed by atoms with Crippen molar-refractivity contribution in [3.05, 3.63) is 30.2 Å². The van der Waals surface area contributed by atoms with Gasteiger partial charge in [-0.2, -0.15) is 0 Å². The van der Waals surface area contributed by atoms with E-state index in [2.05, 4.69) is 34.2 Å². The molecule has 0 aliphatic carbocycles. The molecular weight excluding hydrogens is 236 g/mol. The molecule has 0 bridgehead atoms. The second-order valence-electron chi connectivity index (χ2n) is 5.76. The molecule has 1 fully saturated rings. The van der Waals surface area contributed by atoms with Gasteiger partial charge in [0.1, 0.15) is 11.6 Å². The Bertz CT molecular complexity index is 573. The summed E-state index contributed by atoms with van der Waals surface area (Å²) in [6.45, 7) is 6.82. The van der Waals surface area contributed by atoms with Crippen molar-refractivity contribution in [2.75, 3.05) is 18.8 Å². The molecule has 4 heteroatoms. The lowest BCUT2D eigenvalue weighted by atomic mass is 9.96. The van der Waals surface area contributed by atoms with Crippen LogP contribution in [0, 0.1) is 0 Å². The largest absolute Gasteiger partial charge is 0.385 e. The van der Waals surface area contributed by atoms with Crippen LogP contribution in [0.2, 0.25) is 0 Å². The van der Waals surface area contributed by atoms with Gasteiger partial charge in [-0.25, -0.2) is 4.98 Å². The number of imidazole rings is 1. The van der Waals surface area contributed by atoms with Crippen molar-refractivity contribution in [2.24, 2.45) is 0 Å². The molecule has 3 rings (SSSR count). The molecule has 3 heterocycles. The predicted octanol–water partition coefficient (Wildman–Crippen LogP) is 2.50. The van der Waals surface area contributed by atoms with Crippen LogP contribution in [0.25, 0.3) is 5.52 Å². The molecular formula is C15H22N4. The van der Waals surface area contributed by atoms with E-state index >= 15 is 0 Å². The number of rotatable bonds is 2. The molecule has 0 amide bonds. The summed E-state index contributed by atoms with van der Waals surface area (Å²) in [6.07, 6.45) is 4.38. The third kappa shape index (κ3) is 2.21. The summed E-state index contributed by atoms with van der Waals surface area (Å²) in [7, 11) is 0. The summed E-state index contributed by atoms with van der Waals surface area (Å²) in [6, 6.07) is 6.60. The fraction of sp³-hybridized carbons (Fsp3) is 0.533. The zero-order valence-electron chi connectivity index (χ0n) is 11.7. The van der Waals surface area contributed by atoms with Crippen molar-refractivity contribution in [1.29, 1.82) is 0 Å². The lowest BCUT2D eigenvalue weighted by molar-refractivity contribution is 0.164. The van der Waals surface area contributed by atoms with Gasteiger partial charge in [0.05, 0.1) is 11.7 Å². The zero-order valence-corrected chi connectivity index (χ0v) is 11.7. The van der Waals surface area contributed by atoms with Gasteiger partial charge in [-0.3, -0.25) is 4.40 Å². The van der Waals surface area contributed by atoms with Crippen LogP contribution in [0.5, 0.6) is 0 Å². The standard InChI is InChI=1S/C15H22N4/c1-11(2)18-8-4-5-12(10-18)15-17-9-13-6-3-7-14(16)19(13)15/h3,6-7,9,11-12H,4-5,8,10,16H2,1-2H3. The van der Waals surface area contributed by atoms with Crippen molar-refractivity contribution in [3.63, 3.8) is 0 Å². The van der Waals surface area contributed by atoms with Gasteiger partial charge < -0.3 is 10.6 Å². The van der Waals surface area contributed by atoms with Crippen molar-refractivity contribution >= 4 is 11.3 Å². The number of piperidine rings is 1. The molecule has 4 nitrogen and oxygen atoms in total. The number of hydrogen-bond acceptors (Lipinski definition) is 3. The predicted molar refractivity (Wildman–Crippen MR) is 78.3 cm³/mol. The summed E-state index contributed by atoms with van der Waals surface area (Å²) in [5, 5.41) is 0. The second-order valence-corrected chi connectivity index (χ2v) is 5.76. The van der Waals surface area contributed by atoms with Crippen LogP contribution in [-0.2, 0) is 0 Å². The Morgan fingerprint density at radius 2 is 2.21 bits per heavy atom. The van der Waals surface area contributed by atoms with E-state index in [4.69, 9.17) is 5.73 Å². The molecule has 102 valence electrons. The van der Waals surface area contributed by atoms with E-state index in [1.54, 1.807) is 0 Å². The number of aromatic nitrogens is 2. The summed E-state index contributed by atoms with van der Waals surface area (Å²) < 4.78 is 2.11. The summed E-state index contributed by atoms with van der Waals surface area (Å²) in [5.74, 6) is 2.40. The number of hydrogen-bond donors (Lipinski definition) is 1. The average molecular weight is 258 g/mol. The maximum atomic E-state index is 6.11. The van der Waals surface area contributed by atoms with Crippen molar-refractivity contribution < 1.29 is 0 Å². The molecule has 2 aromatic rings. The third-order valence-electron chi connectivity index (χ3n) is 4.16. The fourth-order valence-corrected chi connectivity index (χ4v) is 3.07. The smallest absolute Gasteiger partial charge is 0.119 e. The molecule has 1 aliphatic rings. The number of likely N-dealkylation sites (tertiary alicyclic amines) is 1. The van der Waals surface area contributed by atoms with Gasteiger partial charge in [0.15, 0.2) is 0 Å². The Kier molecular flexibility index (Phi) is 3.19. The highest BCUT2D eigenvalue weighted by molar-refractivity contribution is 5.53.